The van der Waals surface area contributed by atoms with Gasteiger partial charge in [0, 0.05) is 19.6 Å². The van der Waals surface area contributed by atoms with Crippen LogP contribution in [-0.4, -0.2) is 37.1 Å². The average Bonchev–Trinajstić information content (AvgIpc) is 2.87. The fourth-order valence-electron chi connectivity index (χ4n) is 2.61. The molecule has 1 N–H and O–H groups in total. The Balaban J connectivity index is 1.77. The first-order chi connectivity index (χ1) is 9.24. The maximum atomic E-state index is 12.1. The topological polar surface area (TPSA) is 36.9 Å². The van der Waals surface area contributed by atoms with Crippen LogP contribution >= 0.6 is 0 Å². The van der Waals surface area contributed by atoms with E-state index in [2.05, 4.69) is 19.9 Å². The second kappa shape index (κ2) is 5.03. The van der Waals surface area contributed by atoms with E-state index in [1.165, 1.54) is 0 Å². The van der Waals surface area contributed by atoms with Crippen molar-refractivity contribution in [3.05, 3.63) is 29.8 Å². The fraction of sp³-hybridized carbons (Fsp3) is 0.462. The molecule has 3 rings (SSSR count). The number of nitrogens with one attached hydrogen (secondary N) is 1. The van der Waals surface area contributed by atoms with Crippen molar-refractivity contribution in [1.82, 2.24) is 10.2 Å². The third kappa shape index (κ3) is 2.47. The van der Waals surface area contributed by atoms with E-state index in [4.69, 9.17) is 0 Å². The van der Waals surface area contributed by atoms with Crippen LogP contribution in [0.3, 0.4) is 0 Å². The number of halogens is 2. The van der Waals surface area contributed by atoms with Crippen LogP contribution in [0.25, 0.3) is 0 Å². The van der Waals surface area contributed by atoms with Gasteiger partial charge in [0.1, 0.15) is 5.75 Å². The zero-order chi connectivity index (χ0) is 13.2. The summed E-state index contributed by atoms with van der Waals surface area (Å²) >= 11 is 0. The SMILES string of the molecule is FC(F)Oc1ccc(C2CCN=C3NCCN32)cc1. The zero-order valence-electron chi connectivity index (χ0n) is 10.4. The lowest BCUT2D eigenvalue weighted by Gasteiger charge is -2.32. The number of guanidine groups is 1. The molecule has 19 heavy (non-hydrogen) atoms. The molecule has 2 aliphatic rings. The second-order valence-corrected chi connectivity index (χ2v) is 4.58. The molecule has 0 saturated carbocycles. The minimum absolute atomic E-state index is 0.197. The van der Waals surface area contributed by atoms with Crippen molar-refractivity contribution in [2.24, 2.45) is 4.99 Å². The Labute approximate surface area is 110 Å². The molecule has 4 nitrogen and oxygen atoms in total. The van der Waals surface area contributed by atoms with Crippen molar-refractivity contribution in [2.45, 2.75) is 19.1 Å². The Hall–Kier alpha value is -1.85. The van der Waals surface area contributed by atoms with Crippen molar-refractivity contribution in [2.75, 3.05) is 19.6 Å². The number of hydrogen-bond donors (Lipinski definition) is 1. The van der Waals surface area contributed by atoms with Crippen molar-refractivity contribution in [3.63, 3.8) is 0 Å². The van der Waals surface area contributed by atoms with Gasteiger partial charge in [-0.1, -0.05) is 12.1 Å². The quantitative estimate of drug-likeness (QED) is 0.910. The van der Waals surface area contributed by atoms with E-state index in [0.717, 1.165) is 37.6 Å². The molecule has 1 aromatic rings. The summed E-state index contributed by atoms with van der Waals surface area (Å²) in [5, 5.41) is 3.25. The highest BCUT2D eigenvalue weighted by Gasteiger charge is 2.29. The molecule has 1 atom stereocenters. The van der Waals surface area contributed by atoms with Gasteiger partial charge in [-0.25, -0.2) is 0 Å². The average molecular weight is 267 g/mol. The highest BCUT2D eigenvalue weighted by Crippen LogP contribution is 2.30. The molecule has 102 valence electrons. The van der Waals surface area contributed by atoms with Crippen LogP contribution in [0.15, 0.2) is 29.3 Å². The number of fused-ring (bicyclic) bond motifs is 1. The smallest absolute Gasteiger partial charge is 0.387 e. The van der Waals surface area contributed by atoms with E-state index in [0.29, 0.717) is 0 Å². The second-order valence-electron chi connectivity index (χ2n) is 4.58. The number of benzene rings is 1. The van der Waals surface area contributed by atoms with Gasteiger partial charge in [0.15, 0.2) is 5.96 Å². The Morgan fingerprint density at radius 3 is 2.84 bits per heavy atom. The summed E-state index contributed by atoms with van der Waals surface area (Å²) in [5.41, 5.74) is 1.11. The molecule has 0 aliphatic carbocycles. The molecule has 0 bridgehead atoms. The van der Waals surface area contributed by atoms with Gasteiger partial charge in [-0.3, -0.25) is 4.99 Å². The summed E-state index contributed by atoms with van der Waals surface area (Å²) in [6.07, 6.45) is 0.945. The van der Waals surface area contributed by atoms with E-state index >= 15 is 0 Å². The van der Waals surface area contributed by atoms with Crippen molar-refractivity contribution in [1.29, 1.82) is 0 Å². The van der Waals surface area contributed by atoms with Crippen molar-refractivity contribution >= 4 is 5.96 Å². The van der Waals surface area contributed by atoms with Crippen LogP contribution in [0.5, 0.6) is 5.75 Å². The summed E-state index contributed by atoms with van der Waals surface area (Å²) in [5.74, 6) is 1.15. The number of aliphatic imine (C=N–C) groups is 1. The van der Waals surface area contributed by atoms with Crippen molar-refractivity contribution < 1.29 is 13.5 Å². The first kappa shape index (κ1) is 12.2. The van der Waals surface area contributed by atoms with Crippen LogP contribution in [-0.2, 0) is 0 Å². The molecule has 1 aromatic carbocycles. The lowest BCUT2D eigenvalue weighted by atomic mass is 10.0. The minimum atomic E-state index is -2.78. The molecule has 2 aliphatic heterocycles. The fourth-order valence-corrected chi connectivity index (χ4v) is 2.61. The molecule has 0 amide bonds. The maximum absolute atomic E-state index is 12.1. The predicted molar refractivity (Wildman–Crippen MR) is 67.4 cm³/mol. The van der Waals surface area contributed by atoms with Crippen molar-refractivity contribution in [3.8, 4) is 5.75 Å². The van der Waals surface area contributed by atoms with Gasteiger partial charge in [-0.05, 0) is 24.1 Å². The number of ether oxygens (including phenoxy) is 1. The van der Waals surface area contributed by atoms with E-state index in [9.17, 15) is 8.78 Å². The summed E-state index contributed by atoms with van der Waals surface area (Å²) in [7, 11) is 0. The van der Waals surface area contributed by atoms with Gasteiger partial charge >= 0.3 is 6.61 Å². The molecule has 0 radical (unpaired) electrons. The Bertz CT molecular complexity index is 475. The first-order valence-corrected chi connectivity index (χ1v) is 6.34. The number of rotatable bonds is 3. The van der Waals surface area contributed by atoms with E-state index in [1.807, 2.05) is 12.1 Å². The van der Waals surface area contributed by atoms with E-state index in [1.54, 1.807) is 12.1 Å². The highest BCUT2D eigenvalue weighted by atomic mass is 19.3. The largest absolute Gasteiger partial charge is 0.435 e. The monoisotopic (exact) mass is 267 g/mol. The lowest BCUT2D eigenvalue weighted by molar-refractivity contribution is -0.0498. The number of hydrogen-bond acceptors (Lipinski definition) is 4. The molecule has 1 saturated heterocycles. The number of nitrogens with zero attached hydrogens (tertiary/aromatic N) is 2. The van der Waals surface area contributed by atoms with Gasteiger partial charge < -0.3 is 15.0 Å². The zero-order valence-corrected chi connectivity index (χ0v) is 10.4. The van der Waals surface area contributed by atoms with Gasteiger partial charge in [0.05, 0.1) is 6.04 Å². The van der Waals surface area contributed by atoms with Crippen LogP contribution in [0.1, 0.15) is 18.0 Å². The summed E-state index contributed by atoms with van der Waals surface area (Å²) < 4.78 is 28.6. The van der Waals surface area contributed by atoms with Crippen LogP contribution in [0.4, 0.5) is 8.78 Å². The van der Waals surface area contributed by atoms with Gasteiger partial charge in [0.25, 0.3) is 0 Å². The molecule has 6 heteroatoms. The predicted octanol–water partition coefficient (Wildman–Crippen LogP) is 1.99. The third-order valence-corrected chi connectivity index (χ3v) is 3.44. The molecule has 1 fully saturated rings. The Morgan fingerprint density at radius 2 is 2.11 bits per heavy atom. The third-order valence-electron chi connectivity index (χ3n) is 3.44. The minimum Gasteiger partial charge on any atom is -0.435 e. The van der Waals surface area contributed by atoms with Gasteiger partial charge in [0.2, 0.25) is 0 Å². The molecule has 0 aromatic heterocycles. The summed E-state index contributed by atoms with van der Waals surface area (Å²) in [6, 6.07) is 7.16. The van der Waals surface area contributed by atoms with Gasteiger partial charge in [-0.15, -0.1) is 0 Å². The molecule has 0 spiro atoms. The van der Waals surface area contributed by atoms with Crippen LogP contribution < -0.4 is 10.1 Å². The maximum Gasteiger partial charge on any atom is 0.387 e. The lowest BCUT2D eigenvalue weighted by Crippen LogP contribution is -2.37. The Morgan fingerprint density at radius 1 is 1.32 bits per heavy atom. The molecular formula is C13H15F2N3O. The normalized spacial score (nSPS) is 21.9. The number of alkyl halides is 2. The summed E-state index contributed by atoms with van der Waals surface area (Å²) in [6.45, 7) is -0.151. The molecule has 1 unspecified atom stereocenters. The van der Waals surface area contributed by atoms with Gasteiger partial charge in [-0.2, -0.15) is 8.78 Å². The highest BCUT2D eigenvalue weighted by molar-refractivity contribution is 5.82. The summed E-state index contributed by atoms with van der Waals surface area (Å²) in [4.78, 5) is 6.66. The molecule has 2 heterocycles. The Kier molecular flexibility index (Phi) is 3.23. The van der Waals surface area contributed by atoms with Crippen LogP contribution in [0.2, 0.25) is 0 Å². The van der Waals surface area contributed by atoms with E-state index in [-0.39, 0.29) is 11.8 Å². The standard InChI is InChI=1S/C13H15F2N3O/c14-12(15)19-10-3-1-9(2-4-10)11-5-6-16-13-17-7-8-18(11)13/h1-4,11-12H,5-8H2,(H,16,17). The molecular weight excluding hydrogens is 252 g/mol. The van der Waals surface area contributed by atoms with Crippen LogP contribution in [0, 0.1) is 0 Å². The first-order valence-electron chi connectivity index (χ1n) is 6.34. The van der Waals surface area contributed by atoms with E-state index < -0.39 is 6.61 Å².